The van der Waals surface area contributed by atoms with Crippen LogP contribution < -0.4 is 5.32 Å². The van der Waals surface area contributed by atoms with E-state index < -0.39 is 0 Å². The minimum atomic E-state index is -0.122. The molecule has 5 nitrogen and oxygen atoms in total. The number of allylic oxidation sites excluding steroid dienone is 2. The zero-order valence-electron chi connectivity index (χ0n) is 10.9. The van der Waals surface area contributed by atoms with Crippen molar-refractivity contribution in [3.8, 4) is 0 Å². The number of aromatic nitrogens is 1. The Morgan fingerprint density at radius 1 is 1.15 bits per heavy atom. The largest absolute Gasteiger partial charge is 0.352 e. The Kier molecular flexibility index (Phi) is 2.42. The Morgan fingerprint density at radius 3 is 2.45 bits per heavy atom. The molecule has 2 bridgehead atoms. The monoisotopic (exact) mass is 269 g/mol. The van der Waals surface area contributed by atoms with Gasteiger partial charge in [-0.05, 0) is 30.4 Å². The first-order chi connectivity index (χ1) is 9.75. The Hall–Kier alpha value is -2.17. The summed E-state index contributed by atoms with van der Waals surface area (Å²) < 4.78 is 0. The first kappa shape index (κ1) is 11.6. The van der Waals surface area contributed by atoms with Crippen LogP contribution in [0.1, 0.15) is 6.42 Å². The molecule has 4 atom stereocenters. The summed E-state index contributed by atoms with van der Waals surface area (Å²) in [5, 5.41) is 3.04. The molecule has 4 rings (SSSR count). The summed E-state index contributed by atoms with van der Waals surface area (Å²) in [6.45, 7) is 0.209. The molecule has 5 heteroatoms. The maximum atomic E-state index is 12.4. The van der Waals surface area contributed by atoms with Crippen LogP contribution >= 0.6 is 0 Å². The maximum absolute atomic E-state index is 12.4. The van der Waals surface area contributed by atoms with Gasteiger partial charge in [0.05, 0.1) is 18.5 Å². The third-order valence-corrected chi connectivity index (χ3v) is 4.64. The molecule has 0 spiro atoms. The standard InChI is InChI=1S/C15H15N3O2/c19-14-12-9-4-5-10(7-9)13(12)15(20)18(14)8-17-11-3-1-2-6-16-11/h1-6,9-10,12-13H,7-8H2,(H,16,17)/t9-,10-,12-,13-/m1/s1. The van der Waals surface area contributed by atoms with Crippen LogP contribution in [0.25, 0.3) is 0 Å². The third-order valence-electron chi connectivity index (χ3n) is 4.64. The fourth-order valence-electron chi connectivity index (χ4n) is 3.75. The number of nitrogens with zero attached hydrogens (tertiary/aromatic N) is 2. The van der Waals surface area contributed by atoms with Crippen molar-refractivity contribution >= 4 is 17.6 Å². The first-order valence-electron chi connectivity index (χ1n) is 6.94. The van der Waals surface area contributed by atoms with Crippen LogP contribution in [0, 0.1) is 23.7 Å². The molecule has 20 heavy (non-hydrogen) atoms. The van der Waals surface area contributed by atoms with E-state index in [4.69, 9.17) is 0 Å². The molecule has 0 unspecified atom stereocenters. The van der Waals surface area contributed by atoms with Gasteiger partial charge in [-0.15, -0.1) is 0 Å². The molecular weight excluding hydrogens is 254 g/mol. The number of anilines is 1. The van der Waals surface area contributed by atoms with Crippen molar-refractivity contribution in [2.45, 2.75) is 6.42 Å². The molecule has 1 aliphatic heterocycles. The second-order valence-electron chi connectivity index (χ2n) is 5.65. The van der Waals surface area contributed by atoms with Crippen molar-refractivity contribution in [2.75, 3.05) is 12.0 Å². The Balaban J connectivity index is 1.51. The molecule has 1 aromatic rings. The quantitative estimate of drug-likeness (QED) is 0.663. The number of carbonyl (C=O) groups excluding carboxylic acids is 2. The van der Waals surface area contributed by atoms with Gasteiger partial charge in [0.1, 0.15) is 5.82 Å². The van der Waals surface area contributed by atoms with Gasteiger partial charge in [0.2, 0.25) is 11.8 Å². The van der Waals surface area contributed by atoms with Gasteiger partial charge in [0.25, 0.3) is 0 Å². The number of imide groups is 1. The zero-order valence-corrected chi connectivity index (χ0v) is 10.9. The molecule has 2 amide bonds. The molecule has 0 aromatic carbocycles. The number of amides is 2. The summed E-state index contributed by atoms with van der Waals surface area (Å²) in [6.07, 6.45) is 6.85. The summed E-state index contributed by atoms with van der Waals surface area (Å²) in [5.74, 6) is 0.903. The smallest absolute Gasteiger partial charge is 0.235 e. The average Bonchev–Trinajstić information content (AvgIpc) is 3.13. The van der Waals surface area contributed by atoms with Gasteiger partial charge in [-0.3, -0.25) is 14.5 Å². The van der Waals surface area contributed by atoms with Crippen molar-refractivity contribution in [1.29, 1.82) is 0 Å². The number of hydrogen-bond acceptors (Lipinski definition) is 4. The van der Waals surface area contributed by atoms with E-state index in [2.05, 4.69) is 22.5 Å². The SMILES string of the molecule is O=C1[C@H]2[C@H](C(=O)N1CNc1ccccn1)[C@@H]1C=C[C@@H]2C1. The highest BCUT2D eigenvalue weighted by molar-refractivity contribution is 6.06. The lowest BCUT2D eigenvalue weighted by atomic mass is 9.85. The molecule has 0 radical (unpaired) electrons. The number of likely N-dealkylation sites (tertiary alicyclic amines) is 1. The fraction of sp³-hybridized carbons (Fsp3) is 0.400. The lowest BCUT2D eigenvalue weighted by Crippen LogP contribution is -2.37. The van der Waals surface area contributed by atoms with Crippen molar-refractivity contribution in [3.63, 3.8) is 0 Å². The topological polar surface area (TPSA) is 62.3 Å². The molecular formula is C15H15N3O2. The van der Waals surface area contributed by atoms with E-state index in [1.165, 1.54) is 4.90 Å². The van der Waals surface area contributed by atoms with Gasteiger partial charge in [-0.1, -0.05) is 18.2 Å². The van der Waals surface area contributed by atoms with Gasteiger partial charge in [-0.25, -0.2) is 4.98 Å². The summed E-state index contributed by atoms with van der Waals surface area (Å²) in [6, 6.07) is 5.50. The van der Waals surface area contributed by atoms with Gasteiger partial charge < -0.3 is 5.32 Å². The van der Waals surface area contributed by atoms with Crippen LogP contribution in [0.3, 0.4) is 0 Å². The van der Waals surface area contributed by atoms with Gasteiger partial charge in [0, 0.05) is 6.20 Å². The highest BCUT2D eigenvalue weighted by Crippen LogP contribution is 2.52. The molecule has 102 valence electrons. The molecule has 1 saturated carbocycles. The molecule has 2 heterocycles. The summed E-state index contributed by atoms with van der Waals surface area (Å²) in [5.41, 5.74) is 0. The average molecular weight is 269 g/mol. The van der Waals surface area contributed by atoms with Crippen LogP contribution in [0.2, 0.25) is 0 Å². The van der Waals surface area contributed by atoms with Gasteiger partial charge >= 0.3 is 0 Å². The van der Waals surface area contributed by atoms with Gasteiger partial charge in [0.15, 0.2) is 0 Å². The zero-order chi connectivity index (χ0) is 13.7. The van der Waals surface area contributed by atoms with Crippen LogP contribution in [0.15, 0.2) is 36.5 Å². The highest BCUT2D eigenvalue weighted by atomic mass is 16.2. The second kappa shape index (κ2) is 4.16. The minimum absolute atomic E-state index is 0.0275. The van der Waals surface area contributed by atoms with Crippen LogP contribution in [0.5, 0.6) is 0 Å². The van der Waals surface area contributed by atoms with Crippen molar-refractivity contribution < 1.29 is 9.59 Å². The maximum Gasteiger partial charge on any atom is 0.235 e. The van der Waals surface area contributed by atoms with E-state index in [0.29, 0.717) is 5.82 Å². The number of hydrogen-bond donors (Lipinski definition) is 1. The second-order valence-corrected chi connectivity index (χ2v) is 5.65. The third kappa shape index (κ3) is 1.52. The highest BCUT2D eigenvalue weighted by Gasteiger charge is 2.59. The predicted molar refractivity (Wildman–Crippen MR) is 72.3 cm³/mol. The van der Waals surface area contributed by atoms with E-state index in [9.17, 15) is 9.59 Å². The van der Waals surface area contributed by atoms with Crippen molar-refractivity contribution in [2.24, 2.45) is 23.7 Å². The number of pyridine rings is 1. The van der Waals surface area contributed by atoms with E-state index >= 15 is 0 Å². The normalized spacial score (nSPS) is 33.9. The van der Waals surface area contributed by atoms with E-state index in [1.807, 2.05) is 18.2 Å². The Morgan fingerprint density at radius 2 is 1.85 bits per heavy atom. The molecule has 1 aromatic heterocycles. The number of carbonyl (C=O) groups is 2. The molecule has 3 aliphatic rings. The fourth-order valence-corrected chi connectivity index (χ4v) is 3.75. The van der Waals surface area contributed by atoms with Crippen LogP contribution in [-0.2, 0) is 9.59 Å². The minimum Gasteiger partial charge on any atom is -0.352 e. The summed E-state index contributed by atoms with van der Waals surface area (Å²) in [4.78, 5) is 30.3. The Bertz CT molecular complexity index is 568. The van der Waals surface area contributed by atoms with Crippen molar-refractivity contribution in [3.05, 3.63) is 36.5 Å². The number of fused-ring (bicyclic) bond motifs is 5. The number of nitrogens with one attached hydrogen (secondary N) is 1. The summed E-state index contributed by atoms with van der Waals surface area (Å²) in [7, 11) is 0. The number of rotatable bonds is 3. The summed E-state index contributed by atoms with van der Waals surface area (Å²) >= 11 is 0. The molecule has 2 aliphatic carbocycles. The van der Waals surface area contributed by atoms with E-state index in [1.54, 1.807) is 6.20 Å². The van der Waals surface area contributed by atoms with Crippen molar-refractivity contribution in [1.82, 2.24) is 9.88 Å². The predicted octanol–water partition coefficient (Wildman–Crippen LogP) is 1.26. The van der Waals surface area contributed by atoms with E-state index in [-0.39, 0.29) is 42.2 Å². The molecule has 1 N–H and O–H groups in total. The van der Waals surface area contributed by atoms with Crippen LogP contribution in [0.4, 0.5) is 5.82 Å². The van der Waals surface area contributed by atoms with E-state index in [0.717, 1.165) is 6.42 Å². The molecule has 2 fully saturated rings. The van der Waals surface area contributed by atoms with Gasteiger partial charge in [-0.2, -0.15) is 0 Å². The van der Waals surface area contributed by atoms with Crippen LogP contribution in [-0.4, -0.2) is 28.4 Å². The first-order valence-corrected chi connectivity index (χ1v) is 6.94. The lowest BCUT2D eigenvalue weighted by Gasteiger charge is -2.17. The Labute approximate surface area is 116 Å². The lowest BCUT2D eigenvalue weighted by molar-refractivity contribution is -0.140. The molecule has 1 saturated heterocycles.